The van der Waals surface area contributed by atoms with Gasteiger partial charge in [0.05, 0.1) is 12.4 Å². The Morgan fingerprint density at radius 2 is 2.06 bits per heavy atom. The zero-order valence-electron chi connectivity index (χ0n) is 18.6. The third-order valence-electron chi connectivity index (χ3n) is 5.65. The number of piperazine rings is 1. The van der Waals surface area contributed by atoms with Crippen LogP contribution in [-0.2, 0) is 21.2 Å². The first-order chi connectivity index (χ1) is 15.4. The Balaban J connectivity index is 1.61. The molecular formula is C22H34N4O5S. The summed E-state index contributed by atoms with van der Waals surface area (Å²) in [5.74, 6) is -0.554. The minimum absolute atomic E-state index is 0.0487. The predicted molar refractivity (Wildman–Crippen MR) is 125 cm³/mol. The molecule has 0 bridgehead atoms. The number of ether oxygens (including phenoxy) is 1. The van der Waals surface area contributed by atoms with Crippen molar-refractivity contribution in [2.45, 2.75) is 38.6 Å². The van der Waals surface area contributed by atoms with Crippen LogP contribution in [-0.4, -0.2) is 80.5 Å². The number of nitrogens with one attached hydrogen (secondary N) is 3. The average molecular weight is 467 g/mol. The van der Waals surface area contributed by atoms with Crippen LogP contribution in [0.25, 0.3) is 10.9 Å². The second kappa shape index (κ2) is 11.6. The third-order valence-corrected chi connectivity index (χ3v) is 7.12. The molecule has 3 rings (SSSR count). The second-order valence-electron chi connectivity index (χ2n) is 8.20. The molecule has 1 fully saturated rings. The summed E-state index contributed by atoms with van der Waals surface area (Å²) in [6.07, 6.45) is 3.92. The molecule has 1 aliphatic heterocycles. The maximum absolute atomic E-state index is 12.2. The molecule has 9 nitrogen and oxygen atoms in total. The highest BCUT2D eigenvalue weighted by atomic mass is 32.2. The normalized spacial score (nSPS) is 16.3. The van der Waals surface area contributed by atoms with Crippen molar-refractivity contribution in [2.24, 2.45) is 0 Å². The number of sulfonamides is 1. The Labute approximate surface area is 189 Å². The van der Waals surface area contributed by atoms with Gasteiger partial charge in [-0.15, -0.1) is 0 Å². The van der Waals surface area contributed by atoms with Crippen LogP contribution < -0.4 is 14.8 Å². The standard InChI is InChI=1S/C22H34N4O5S/c1-2-3-13-32(29,30)25-21(22(27)28)14-17-16-24-20-6-5-18(15-19(17)20)31-12-4-9-26-10-7-23-8-11-26/h5-6,15-16,21,23-25H,2-4,7-14H2,1H3,(H,27,28)/t21-/m0/s1. The number of rotatable bonds is 13. The van der Waals surface area contributed by atoms with Crippen molar-refractivity contribution in [2.75, 3.05) is 45.1 Å². The number of fused-ring (bicyclic) bond motifs is 1. The zero-order valence-corrected chi connectivity index (χ0v) is 19.4. The maximum atomic E-state index is 12.2. The number of aliphatic carboxylic acids is 1. The van der Waals surface area contributed by atoms with Gasteiger partial charge in [0.15, 0.2) is 0 Å². The lowest BCUT2D eigenvalue weighted by atomic mass is 10.1. The summed E-state index contributed by atoms with van der Waals surface area (Å²) >= 11 is 0. The van der Waals surface area contributed by atoms with Crippen LogP contribution in [0.15, 0.2) is 24.4 Å². The minimum Gasteiger partial charge on any atom is -0.494 e. The molecule has 0 amide bonds. The van der Waals surface area contributed by atoms with Gasteiger partial charge < -0.3 is 25.0 Å². The van der Waals surface area contributed by atoms with Gasteiger partial charge in [0.25, 0.3) is 0 Å². The lowest BCUT2D eigenvalue weighted by molar-refractivity contribution is -0.138. The zero-order chi connectivity index (χ0) is 23.0. The summed E-state index contributed by atoms with van der Waals surface area (Å²) in [5.41, 5.74) is 1.59. The van der Waals surface area contributed by atoms with Crippen molar-refractivity contribution >= 4 is 26.9 Å². The SMILES string of the molecule is CCCCS(=O)(=O)N[C@@H](Cc1c[nH]c2ccc(OCCCN3CCNCC3)cc12)C(=O)O. The topological polar surface area (TPSA) is 124 Å². The van der Waals surface area contributed by atoms with E-state index in [1.54, 1.807) is 6.20 Å². The molecular weight excluding hydrogens is 432 g/mol. The first-order valence-electron chi connectivity index (χ1n) is 11.3. The summed E-state index contributed by atoms with van der Waals surface area (Å²) in [5, 5.41) is 13.7. The first-order valence-corrected chi connectivity index (χ1v) is 12.9. The predicted octanol–water partition coefficient (Wildman–Crippen LogP) is 1.56. The van der Waals surface area contributed by atoms with Crippen molar-refractivity contribution in [3.63, 3.8) is 0 Å². The van der Waals surface area contributed by atoms with E-state index in [0.717, 1.165) is 62.0 Å². The van der Waals surface area contributed by atoms with E-state index in [0.29, 0.717) is 18.8 Å². The fourth-order valence-electron chi connectivity index (χ4n) is 3.84. The van der Waals surface area contributed by atoms with Crippen LogP contribution in [0.4, 0.5) is 0 Å². The van der Waals surface area contributed by atoms with Crippen molar-refractivity contribution < 1.29 is 23.1 Å². The molecule has 0 radical (unpaired) electrons. The number of hydrogen-bond donors (Lipinski definition) is 4. The second-order valence-corrected chi connectivity index (χ2v) is 10.1. The van der Waals surface area contributed by atoms with Gasteiger partial charge in [-0.05, 0) is 36.6 Å². The molecule has 1 saturated heterocycles. The number of hydrogen-bond acceptors (Lipinski definition) is 6. The molecule has 0 unspecified atom stereocenters. The summed E-state index contributed by atoms with van der Waals surface area (Å²) in [4.78, 5) is 17.3. The van der Waals surface area contributed by atoms with Gasteiger partial charge in [0.2, 0.25) is 10.0 Å². The van der Waals surface area contributed by atoms with Crippen LogP contribution in [0.1, 0.15) is 31.7 Å². The third kappa shape index (κ3) is 7.19. The number of benzene rings is 1. The summed E-state index contributed by atoms with van der Waals surface area (Å²) in [7, 11) is -3.65. The van der Waals surface area contributed by atoms with Gasteiger partial charge in [-0.1, -0.05) is 13.3 Å². The van der Waals surface area contributed by atoms with Crippen LogP contribution >= 0.6 is 0 Å². The van der Waals surface area contributed by atoms with E-state index in [2.05, 4.69) is 19.9 Å². The van der Waals surface area contributed by atoms with Crippen LogP contribution in [0, 0.1) is 0 Å². The molecule has 32 heavy (non-hydrogen) atoms. The Hall–Kier alpha value is -2.14. The number of aromatic amines is 1. The molecule has 2 heterocycles. The molecule has 2 aromatic rings. The number of H-pyrrole nitrogens is 1. The molecule has 10 heteroatoms. The number of carboxylic acid groups (broad SMARTS) is 1. The van der Waals surface area contributed by atoms with E-state index in [1.165, 1.54) is 0 Å². The molecule has 0 saturated carbocycles. The molecule has 1 aromatic carbocycles. The van der Waals surface area contributed by atoms with Gasteiger partial charge >= 0.3 is 5.97 Å². The minimum atomic E-state index is -3.65. The van der Waals surface area contributed by atoms with Gasteiger partial charge in [0.1, 0.15) is 11.8 Å². The number of carbonyl (C=O) groups is 1. The van der Waals surface area contributed by atoms with Gasteiger partial charge in [-0.25, -0.2) is 13.1 Å². The smallest absolute Gasteiger partial charge is 0.322 e. The Bertz CT molecular complexity index is 985. The van der Waals surface area contributed by atoms with E-state index >= 15 is 0 Å². The number of nitrogens with zero attached hydrogens (tertiary/aromatic N) is 1. The van der Waals surface area contributed by atoms with Crippen molar-refractivity contribution in [3.8, 4) is 5.75 Å². The number of aromatic nitrogens is 1. The van der Waals surface area contributed by atoms with E-state index in [4.69, 9.17) is 4.74 Å². The van der Waals surface area contributed by atoms with E-state index in [-0.39, 0.29) is 12.2 Å². The van der Waals surface area contributed by atoms with Crippen LogP contribution in [0.3, 0.4) is 0 Å². The van der Waals surface area contributed by atoms with Gasteiger partial charge in [-0.3, -0.25) is 4.79 Å². The molecule has 0 aliphatic carbocycles. The average Bonchev–Trinajstić information content (AvgIpc) is 3.17. The molecule has 1 atom stereocenters. The molecule has 1 aliphatic rings. The van der Waals surface area contributed by atoms with E-state index in [9.17, 15) is 18.3 Å². The van der Waals surface area contributed by atoms with Crippen molar-refractivity contribution in [1.82, 2.24) is 19.9 Å². The summed E-state index contributed by atoms with van der Waals surface area (Å²) in [6.45, 7) is 7.67. The van der Waals surface area contributed by atoms with Crippen LogP contribution in [0.5, 0.6) is 5.75 Å². The highest BCUT2D eigenvalue weighted by Crippen LogP contribution is 2.25. The molecule has 178 valence electrons. The lowest BCUT2D eigenvalue weighted by Gasteiger charge is -2.26. The first kappa shape index (κ1) is 24.5. The summed E-state index contributed by atoms with van der Waals surface area (Å²) < 4.78 is 32.7. The van der Waals surface area contributed by atoms with E-state index < -0.39 is 22.0 Å². The fraction of sp³-hybridized carbons (Fsp3) is 0.591. The van der Waals surface area contributed by atoms with Crippen LogP contribution in [0.2, 0.25) is 0 Å². The van der Waals surface area contributed by atoms with Crippen molar-refractivity contribution in [3.05, 3.63) is 30.0 Å². The number of carboxylic acids is 1. The quantitative estimate of drug-likeness (QED) is 0.330. The molecule has 4 N–H and O–H groups in total. The fourth-order valence-corrected chi connectivity index (χ4v) is 5.24. The Kier molecular flexibility index (Phi) is 8.92. The van der Waals surface area contributed by atoms with Gasteiger partial charge in [-0.2, -0.15) is 0 Å². The highest BCUT2D eigenvalue weighted by molar-refractivity contribution is 7.89. The Morgan fingerprint density at radius 1 is 1.28 bits per heavy atom. The number of unbranched alkanes of at least 4 members (excludes halogenated alkanes) is 1. The highest BCUT2D eigenvalue weighted by Gasteiger charge is 2.25. The summed E-state index contributed by atoms with van der Waals surface area (Å²) in [6, 6.07) is 4.44. The largest absolute Gasteiger partial charge is 0.494 e. The molecule has 0 spiro atoms. The monoisotopic (exact) mass is 466 g/mol. The van der Waals surface area contributed by atoms with Crippen molar-refractivity contribution in [1.29, 1.82) is 0 Å². The Morgan fingerprint density at radius 3 is 2.78 bits per heavy atom. The van der Waals surface area contributed by atoms with E-state index in [1.807, 2.05) is 25.1 Å². The van der Waals surface area contributed by atoms with Gasteiger partial charge in [0, 0.05) is 56.2 Å². The molecule has 1 aromatic heterocycles. The maximum Gasteiger partial charge on any atom is 0.322 e. The lowest BCUT2D eigenvalue weighted by Crippen LogP contribution is -2.43.